The highest BCUT2D eigenvalue weighted by Gasteiger charge is 2.79. The van der Waals surface area contributed by atoms with Gasteiger partial charge in [0, 0.05) is 18.3 Å². The van der Waals surface area contributed by atoms with Gasteiger partial charge in [-0.1, -0.05) is 5.16 Å². The van der Waals surface area contributed by atoms with Gasteiger partial charge in [0.05, 0.1) is 6.54 Å². The van der Waals surface area contributed by atoms with Crippen molar-refractivity contribution in [1.29, 1.82) is 0 Å². The number of anilines is 1. The molecule has 5 heterocycles. The second-order valence-corrected chi connectivity index (χ2v) is 10.9. The Morgan fingerprint density at radius 3 is 2.71 bits per heavy atom. The number of hydrogen-bond donors (Lipinski definition) is 4. The van der Waals surface area contributed by atoms with E-state index in [1.807, 2.05) is 0 Å². The quantitative estimate of drug-likeness (QED) is 0.171. The van der Waals surface area contributed by atoms with Gasteiger partial charge in [-0.05, 0) is 26.7 Å². The third-order valence-corrected chi connectivity index (χ3v) is 7.62. The Morgan fingerprint density at radius 2 is 2.17 bits per heavy atom. The Labute approximate surface area is 203 Å². The number of aromatic nitrogens is 1. The summed E-state index contributed by atoms with van der Waals surface area (Å²) in [4.78, 5) is 47.3. The van der Waals surface area contributed by atoms with Gasteiger partial charge < -0.3 is 30.6 Å². The topological polar surface area (TPSA) is 214 Å². The fourth-order valence-electron chi connectivity index (χ4n) is 3.98. The standard InChI is InChI=1S/C18H24N6O9S2/c1-17(2,15(27)28)33-22-11(9-7-34-16(19)20-9)13(26)21-12-14-24(35(29,30)31)18(12,32-14)8-23-6-4-3-5-10(23)25/h7,12,14H,3-6,8H2,1-2H3,(H2,19,20)(H,21,26)(H,27,28)(H,29,30,31)/b22-11-/t12-,14?,18?/m0/s1. The van der Waals surface area contributed by atoms with E-state index in [4.69, 9.17) is 15.3 Å². The minimum Gasteiger partial charge on any atom is -0.478 e. The van der Waals surface area contributed by atoms with Gasteiger partial charge in [0.1, 0.15) is 11.7 Å². The number of likely N-dealkylation sites (tertiary alicyclic amines) is 1. The van der Waals surface area contributed by atoms with Crippen molar-refractivity contribution in [3.8, 4) is 0 Å². The highest BCUT2D eigenvalue weighted by molar-refractivity contribution is 7.83. The molecule has 2 unspecified atom stereocenters. The Balaban J connectivity index is 1.58. The number of carboxylic acid groups (broad SMARTS) is 1. The van der Waals surface area contributed by atoms with E-state index in [2.05, 4.69) is 15.5 Å². The van der Waals surface area contributed by atoms with Crippen LogP contribution in [0.4, 0.5) is 5.13 Å². The van der Waals surface area contributed by atoms with Crippen molar-refractivity contribution >= 4 is 50.3 Å². The molecule has 0 spiro atoms. The molecule has 5 rings (SSSR count). The zero-order chi connectivity index (χ0) is 25.8. The van der Waals surface area contributed by atoms with E-state index in [0.29, 0.717) is 30.1 Å². The zero-order valence-corrected chi connectivity index (χ0v) is 20.3. The second-order valence-electron chi connectivity index (χ2n) is 8.77. The number of ether oxygens (including phenoxy) is 1. The molecule has 0 aliphatic carbocycles. The molecule has 0 radical (unpaired) electrons. The molecule has 15 nitrogen and oxygen atoms in total. The van der Waals surface area contributed by atoms with E-state index in [1.54, 1.807) is 0 Å². The first-order chi connectivity index (χ1) is 16.3. The van der Waals surface area contributed by atoms with Gasteiger partial charge in [-0.25, -0.2) is 9.78 Å². The average molecular weight is 533 g/mol. The first kappa shape index (κ1) is 25.2. The van der Waals surface area contributed by atoms with Crippen LogP contribution in [0.5, 0.6) is 0 Å². The maximum absolute atomic E-state index is 13.2. The van der Waals surface area contributed by atoms with Crippen LogP contribution in [0.3, 0.4) is 0 Å². The molecule has 2 amide bonds. The smallest absolute Gasteiger partial charge is 0.350 e. The van der Waals surface area contributed by atoms with Gasteiger partial charge in [-0.3, -0.25) is 14.1 Å². The molecule has 35 heavy (non-hydrogen) atoms. The van der Waals surface area contributed by atoms with Gasteiger partial charge in [0.15, 0.2) is 22.8 Å². The van der Waals surface area contributed by atoms with Crippen LogP contribution >= 0.6 is 11.3 Å². The van der Waals surface area contributed by atoms with Crippen molar-refractivity contribution in [2.24, 2.45) is 5.16 Å². The van der Waals surface area contributed by atoms with Crippen molar-refractivity contribution in [2.75, 3.05) is 18.8 Å². The molecule has 5 N–H and O–H groups in total. The molecule has 0 aromatic carbocycles. The van der Waals surface area contributed by atoms with Crippen LogP contribution in [0, 0.1) is 0 Å². The number of carbonyl (C=O) groups excluding carboxylic acids is 2. The number of thiazole rings is 1. The maximum atomic E-state index is 13.2. The molecular weight excluding hydrogens is 508 g/mol. The maximum Gasteiger partial charge on any atom is 0.350 e. The summed E-state index contributed by atoms with van der Waals surface area (Å²) >= 11 is 1.01. The number of nitrogens with two attached hydrogens (primary N) is 1. The molecule has 4 aliphatic heterocycles. The summed E-state index contributed by atoms with van der Waals surface area (Å²) in [7, 11) is -4.70. The van der Waals surface area contributed by atoms with Gasteiger partial charge in [0.25, 0.3) is 5.91 Å². The lowest BCUT2D eigenvalue weighted by Gasteiger charge is -2.71. The number of carboxylic acids is 1. The number of aliphatic carboxylic acids is 1. The highest BCUT2D eigenvalue weighted by atomic mass is 32.2. The number of hydrogen-bond acceptors (Lipinski definition) is 11. The molecule has 4 fully saturated rings. The van der Waals surface area contributed by atoms with E-state index < -0.39 is 51.5 Å². The summed E-state index contributed by atoms with van der Waals surface area (Å²) in [6, 6.07) is -0.944. The van der Waals surface area contributed by atoms with Crippen molar-refractivity contribution < 1.29 is 42.0 Å². The summed E-state index contributed by atoms with van der Waals surface area (Å²) in [6.45, 7) is 2.63. The lowest BCUT2D eigenvalue weighted by molar-refractivity contribution is -0.445. The summed E-state index contributed by atoms with van der Waals surface area (Å²) in [5.74, 6) is -2.41. The Morgan fingerprint density at radius 1 is 1.46 bits per heavy atom. The molecule has 4 saturated heterocycles. The SMILES string of the molecule is CC(C)(O/N=C(\C(=O)N[C@H]1C2OC1(CN1CCCCC1=O)N2S(=O)(=O)O)c1csc(N)n1)C(=O)O. The van der Waals surface area contributed by atoms with Crippen LogP contribution in [-0.4, -0.2) is 92.4 Å². The molecule has 17 heteroatoms. The number of carbonyl (C=O) groups is 3. The lowest BCUT2D eigenvalue weighted by Crippen LogP contribution is -2.96. The first-order valence-electron chi connectivity index (χ1n) is 10.5. The summed E-state index contributed by atoms with van der Waals surface area (Å²) in [5.41, 5.74) is 1.78. The van der Waals surface area contributed by atoms with E-state index in [0.717, 1.165) is 11.3 Å². The Bertz CT molecular complexity index is 1200. The van der Waals surface area contributed by atoms with Crippen LogP contribution in [0.25, 0.3) is 0 Å². The number of oxime groups is 1. The van der Waals surface area contributed by atoms with E-state index in [1.165, 1.54) is 24.1 Å². The number of nitrogens with one attached hydrogen (secondary N) is 1. The third-order valence-electron chi connectivity index (χ3n) is 5.93. The number of piperidine rings is 1. The number of rotatable bonds is 9. The summed E-state index contributed by atoms with van der Waals surface area (Å²) in [6.07, 6.45) is 0.512. The van der Waals surface area contributed by atoms with Crippen LogP contribution in [0.1, 0.15) is 38.8 Å². The van der Waals surface area contributed by atoms with Crippen molar-refractivity contribution in [3.63, 3.8) is 0 Å². The summed E-state index contributed by atoms with van der Waals surface area (Å²) < 4.78 is 39.7. The predicted molar refractivity (Wildman–Crippen MR) is 119 cm³/mol. The second kappa shape index (κ2) is 8.66. The largest absolute Gasteiger partial charge is 0.478 e. The molecule has 4 aliphatic rings. The molecule has 192 valence electrons. The minimum atomic E-state index is -4.70. The van der Waals surface area contributed by atoms with Crippen LogP contribution in [0.15, 0.2) is 10.5 Å². The zero-order valence-electron chi connectivity index (χ0n) is 18.7. The Kier molecular flexibility index (Phi) is 6.25. The third kappa shape index (κ3) is 4.44. The number of nitrogens with zero attached hydrogens (tertiary/aromatic N) is 4. The molecule has 3 atom stereocenters. The van der Waals surface area contributed by atoms with Crippen LogP contribution < -0.4 is 11.1 Å². The van der Waals surface area contributed by atoms with E-state index in [-0.39, 0.29) is 23.3 Å². The number of nitrogen functional groups attached to an aromatic ring is 1. The van der Waals surface area contributed by atoms with Crippen molar-refractivity contribution in [2.45, 2.75) is 56.7 Å². The molecule has 2 bridgehead atoms. The van der Waals surface area contributed by atoms with Crippen molar-refractivity contribution in [3.05, 3.63) is 11.1 Å². The lowest BCUT2D eigenvalue weighted by atomic mass is 9.83. The fraction of sp³-hybridized carbons (Fsp3) is 0.611. The molecule has 1 aromatic heterocycles. The van der Waals surface area contributed by atoms with Gasteiger partial charge in [-0.15, -0.1) is 15.6 Å². The van der Waals surface area contributed by atoms with Gasteiger partial charge in [-0.2, -0.15) is 8.42 Å². The van der Waals surface area contributed by atoms with Gasteiger partial charge >= 0.3 is 16.3 Å². The fourth-order valence-corrected chi connectivity index (χ4v) is 5.56. The van der Waals surface area contributed by atoms with E-state index >= 15 is 0 Å². The Hall–Kier alpha value is -2.86. The van der Waals surface area contributed by atoms with Crippen LogP contribution in [-0.2, 0) is 34.3 Å². The molecule has 1 aromatic rings. The van der Waals surface area contributed by atoms with Gasteiger partial charge in [0.2, 0.25) is 11.5 Å². The minimum absolute atomic E-state index is 0.00648. The summed E-state index contributed by atoms with van der Waals surface area (Å²) in [5, 5.41) is 17.1. The average Bonchev–Trinajstić information content (AvgIpc) is 3.15. The van der Waals surface area contributed by atoms with Crippen LogP contribution in [0.2, 0.25) is 0 Å². The molecular formula is C18H24N6O9S2. The predicted octanol–water partition coefficient (Wildman–Crippen LogP) is -1.02. The highest BCUT2D eigenvalue weighted by Crippen LogP contribution is 2.54. The van der Waals surface area contributed by atoms with Crippen molar-refractivity contribution in [1.82, 2.24) is 19.5 Å². The number of amides is 2. The monoisotopic (exact) mass is 532 g/mol. The van der Waals surface area contributed by atoms with E-state index in [9.17, 15) is 32.5 Å². The normalized spacial score (nSPS) is 27.1. The first-order valence-corrected chi connectivity index (χ1v) is 12.8. The molecule has 0 saturated carbocycles.